The molecule has 1 aliphatic heterocycles. The Morgan fingerprint density at radius 3 is 3.17 bits per heavy atom. The van der Waals surface area contributed by atoms with Crippen LogP contribution in [0.25, 0.3) is 0 Å². The zero-order valence-electron chi connectivity index (χ0n) is 9.97. The molecule has 2 aromatic heterocycles. The Balaban J connectivity index is 1.77. The Morgan fingerprint density at radius 2 is 2.33 bits per heavy atom. The highest BCUT2D eigenvalue weighted by Crippen LogP contribution is 2.17. The monoisotopic (exact) mass is 258 g/mol. The Kier molecular flexibility index (Phi) is 3.17. The van der Waals surface area contributed by atoms with E-state index in [1.807, 2.05) is 18.5 Å². The van der Waals surface area contributed by atoms with Crippen LogP contribution in [-0.2, 0) is 19.5 Å². The van der Waals surface area contributed by atoms with Crippen molar-refractivity contribution in [1.82, 2.24) is 19.9 Å². The largest absolute Gasteiger partial charge is 0.333 e. The van der Waals surface area contributed by atoms with Gasteiger partial charge in [0.15, 0.2) is 4.77 Å². The molecular formula is C13H14N4S. The molecule has 0 spiro atoms. The molecule has 92 valence electrons. The quantitative estimate of drug-likeness (QED) is 0.838. The van der Waals surface area contributed by atoms with Gasteiger partial charge in [0.05, 0.1) is 0 Å². The number of hydrogen-bond donors (Lipinski definition) is 1. The smallest absolute Gasteiger partial charge is 0.196 e. The number of nitrogens with zero attached hydrogens (tertiary/aromatic N) is 3. The summed E-state index contributed by atoms with van der Waals surface area (Å²) >= 11 is 5.07. The zero-order valence-corrected chi connectivity index (χ0v) is 10.8. The van der Waals surface area contributed by atoms with Crippen LogP contribution in [0, 0.1) is 4.77 Å². The number of aromatic amines is 1. The van der Waals surface area contributed by atoms with Crippen LogP contribution in [-0.4, -0.2) is 26.4 Å². The van der Waals surface area contributed by atoms with E-state index in [1.165, 1.54) is 16.8 Å². The number of pyridine rings is 1. The molecule has 2 aromatic rings. The number of rotatable bonds is 2. The zero-order chi connectivity index (χ0) is 12.4. The molecule has 0 saturated heterocycles. The maximum atomic E-state index is 5.07. The van der Waals surface area contributed by atoms with Crippen molar-refractivity contribution in [1.29, 1.82) is 0 Å². The number of hydrogen-bond acceptors (Lipinski definition) is 4. The van der Waals surface area contributed by atoms with Crippen LogP contribution in [0.1, 0.15) is 16.8 Å². The van der Waals surface area contributed by atoms with Gasteiger partial charge in [-0.05, 0) is 35.8 Å². The van der Waals surface area contributed by atoms with E-state index in [1.54, 1.807) is 6.20 Å². The third-order valence-electron chi connectivity index (χ3n) is 3.19. The lowest BCUT2D eigenvalue weighted by molar-refractivity contribution is 0.240. The highest BCUT2D eigenvalue weighted by molar-refractivity contribution is 7.71. The molecule has 18 heavy (non-hydrogen) atoms. The van der Waals surface area contributed by atoms with E-state index in [0.29, 0.717) is 4.77 Å². The number of H-pyrrole nitrogens is 1. The van der Waals surface area contributed by atoms with Gasteiger partial charge in [-0.3, -0.25) is 9.88 Å². The fraction of sp³-hybridized carbons (Fsp3) is 0.308. The van der Waals surface area contributed by atoms with E-state index in [9.17, 15) is 0 Å². The number of aromatic nitrogens is 3. The Hall–Kier alpha value is -1.59. The van der Waals surface area contributed by atoms with Crippen molar-refractivity contribution >= 4 is 12.2 Å². The van der Waals surface area contributed by atoms with Gasteiger partial charge >= 0.3 is 0 Å². The van der Waals surface area contributed by atoms with Crippen molar-refractivity contribution in [2.24, 2.45) is 0 Å². The first-order valence-electron chi connectivity index (χ1n) is 5.99. The van der Waals surface area contributed by atoms with Crippen LogP contribution in [0.5, 0.6) is 0 Å². The van der Waals surface area contributed by atoms with E-state index in [0.717, 1.165) is 26.1 Å². The molecule has 1 aliphatic rings. The summed E-state index contributed by atoms with van der Waals surface area (Å²) < 4.78 is 0.567. The molecular weight excluding hydrogens is 244 g/mol. The second-order valence-corrected chi connectivity index (χ2v) is 4.90. The molecule has 0 bridgehead atoms. The van der Waals surface area contributed by atoms with Gasteiger partial charge in [-0.15, -0.1) is 0 Å². The van der Waals surface area contributed by atoms with Gasteiger partial charge in [0, 0.05) is 43.9 Å². The summed E-state index contributed by atoms with van der Waals surface area (Å²) in [6, 6.07) is 4.09. The minimum absolute atomic E-state index is 0.567. The molecule has 3 rings (SSSR count). The molecule has 5 heteroatoms. The van der Waals surface area contributed by atoms with Crippen molar-refractivity contribution in [3.8, 4) is 0 Å². The molecule has 0 amide bonds. The van der Waals surface area contributed by atoms with E-state index < -0.39 is 0 Å². The first-order valence-corrected chi connectivity index (χ1v) is 6.40. The normalized spacial score (nSPS) is 15.3. The fourth-order valence-corrected chi connectivity index (χ4v) is 2.45. The van der Waals surface area contributed by atoms with Gasteiger partial charge in [0.1, 0.15) is 0 Å². The molecule has 0 saturated carbocycles. The molecule has 0 atom stereocenters. The summed E-state index contributed by atoms with van der Waals surface area (Å²) in [5, 5.41) is 0. The molecule has 0 fully saturated rings. The SMILES string of the molecule is S=c1ncc2c([nH]1)CN(Cc1cccnc1)CC2. The summed E-state index contributed by atoms with van der Waals surface area (Å²) in [5.41, 5.74) is 3.73. The van der Waals surface area contributed by atoms with Gasteiger partial charge in [-0.25, -0.2) is 4.98 Å². The Bertz CT molecular complexity index is 593. The standard InChI is InChI=1S/C13H14N4S/c18-13-15-7-11-3-5-17(9-12(11)16-13)8-10-2-1-4-14-6-10/h1-2,4,6-7H,3,5,8-9H2,(H,15,16,18). The van der Waals surface area contributed by atoms with E-state index >= 15 is 0 Å². The van der Waals surface area contributed by atoms with Crippen LogP contribution in [0.15, 0.2) is 30.7 Å². The summed E-state index contributed by atoms with van der Waals surface area (Å²) in [6.45, 7) is 2.88. The van der Waals surface area contributed by atoms with Gasteiger partial charge < -0.3 is 4.98 Å². The first kappa shape index (κ1) is 11.5. The Morgan fingerprint density at radius 1 is 1.39 bits per heavy atom. The van der Waals surface area contributed by atoms with E-state index in [-0.39, 0.29) is 0 Å². The van der Waals surface area contributed by atoms with Crippen molar-refractivity contribution in [3.63, 3.8) is 0 Å². The minimum atomic E-state index is 0.567. The fourth-order valence-electron chi connectivity index (χ4n) is 2.28. The van der Waals surface area contributed by atoms with Gasteiger partial charge in [0.25, 0.3) is 0 Å². The lowest BCUT2D eigenvalue weighted by Gasteiger charge is -2.27. The second kappa shape index (κ2) is 4.96. The molecule has 0 unspecified atom stereocenters. The lowest BCUT2D eigenvalue weighted by Crippen LogP contribution is -2.31. The van der Waals surface area contributed by atoms with E-state index in [4.69, 9.17) is 12.2 Å². The third kappa shape index (κ3) is 2.47. The molecule has 1 N–H and O–H groups in total. The number of fused-ring (bicyclic) bond motifs is 1. The van der Waals surface area contributed by atoms with Crippen LogP contribution in [0.3, 0.4) is 0 Å². The van der Waals surface area contributed by atoms with Crippen molar-refractivity contribution < 1.29 is 0 Å². The highest BCUT2D eigenvalue weighted by Gasteiger charge is 2.16. The van der Waals surface area contributed by atoms with Gasteiger partial charge in [0.2, 0.25) is 0 Å². The molecule has 0 aliphatic carbocycles. The predicted molar refractivity (Wildman–Crippen MR) is 71.5 cm³/mol. The van der Waals surface area contributed by atoms with Crippen LogP contribution >= 0.6 is 12.2 Å². The Labute approximate surface area is 111 Å². The minimum Gasteiger partial charge on any atom is -0.333 e. The van der Waals surface area contributed by atoms with E-state index in [2.05, 4.69) is 25.9 Å². The maximum absolute atomic E-state index is 5.07. The predicted octanol–water partition coefficient (Wildman–Crippen LogP) is 2.09. The maximum Gasteiger partial charge on any atom is 0.196 e. The molecule has 4 nitrogen and oxygen atoms in total. The highest BCUT2D eigenvalue weighted by atomic mass is 32.1. The topological polar surface area (TPSA) is 44.8 Å². The molecule has 3 heterocycles. The van der Waals surface area contributed by atoms with Crippen LogP contribution < -0.4 is 0 Å². The average Bonchev–Trinajstić information content (AvgIpc) is 2.39. The summed E-state index contributed by atoms with van der Waals surface area (Å²) in [5.74, 6) is 0. The van der Waals surface area contributed by atoms with Crippen LogP contribution in [0.4, 0.5) is 0 Å². The first-order chi connectivity index (χ1) is 8.81. The van der Waals surface area contributed by atoms with Crippen molar-refractivity contribution in [3.05, 3.63) is 52.3 Å². The summed E-state index contributed by atoms with van der Waals surface area (Å²) in [6.07, 6.45) is 6.65. The van der Waals surface area contributed by atoms with Crippen molar-refractivity contribution in [2.75, 3.05) is 6.54 Å². The average molecular weight is 258 g/mol. The van der Waals surface area contributed by atoms with Gasteiger partial charge in [-0.1, -0.05) is 6.07 Å². The van der Waals surface area contributed by atoms with Crippen LogP contribution in [0.2, 0.25) is 0 Å². The number of nitrogens with one attached hydrogen (secondary N) is 1. The lowest BCUT2D eigenvalue weighted by atomic mass is 10.1. The molecule has 0 aromatic carbocycles. The van der Waals surface area contributed by atoms with Crippen molar-refractivity contribution in [2.45, 2.75) is 19.5 Å². The summed E-state index contributed by atoms with van der Waals surface area (Å²) in [7, 11) is 0. The van der Waals surface area contributed by atoms with Gasteiger partial charge in [-0.2, -0.15) is 0 Å². The molecule has 0 radical (unpaired) electrons. The summed E-state index contributed by atoms with van der Waals surface area (Å²) in [4.78, 5) is 13.9. The second-order valence-electron chi connectivity index (χ2n) is 4.51. The third-order valence-corrected chi connectivity index (χ3v) is 3.40.